The van der Waals surface area contributed by atoms with Gasteiger partial charge in [-0.05, 0) is 31.5 Å². The van der Waals surface area contributed by atoms with E-state index in [0.717, 1.165) is 22.2 Å². The monoisotopic (exact) mass is 205 g/mol. The molecular weight excluding hydrogens is 193 g/mol. The van der Waals surface area contributed by atoms with Gasteiger partial charge in [0.15, 0.2) is 6.29 Å². The SMILES string of the molecule is Cc1c(C)n(C)c2cc(F)c(C=O)cc12. The van der Waals surface area contributed by atoms with E-state index in [1.165, 1.54) is 6.07 Å². The van der Waals surface area contributed by atoms with Gasteiger partial charge in [0, 0.05) is 18.1 Å². The quantitative estimate of drug-likeness (QED) is 0.656. The maximum atomic E-state index is 13.4. The second-order valence-electron chi connectivity index (χ2n) is 3.78. The first-order valence-electron chi connectivity index (χ1n) is 4.76. The molecule has 0 saturated heterocycles. The lowest BCUT2D eigenvalue weighted by molar-refractivity contribution is 0.112. The predicted octanol–water partition coefficient (Wildman–Crippen LogP) is 2.75. The molecule has 0 radical (unpaired) electrons. The lowest BCUT2D eigenvalue weighted by atomic mass is 10.1. The molecule has 2 rings (SSSR count). The van der Waals surface area contributed by atoms with Gasteiger partial charge < -0.3 is 4.57 Å². The molecule has 3 heteroatoms. The molecule has 0 atom stereocenters. The van der Waals surface area contributed by atoms with Crippen LogP contribution in [-0.2, 0) is 7.05 Å². The maximum absolute atomic E-state index is 13.4. The number of fused-ring (bicyclic) bond motifs is 1. The average molecular weight is 205 g/mol. The first-order chi connectivity index (χ1) is 7.06. The van der Waals surface area contributed by atoms with Gasteiger partial charge in [0.2, 0.25) is 0 Å². The van der Waals surface area contributed by atoms with Crippen LogP contribution in [0, 0.1) is 19.7 Å². The fourth-order valence-corrected chi connectivity index (χ4v) is 1.87. The number of rotatable bonds is 1. The summed E-state index contributed by atoms with van der Waals surface area (Å²) in [6.07, 6.45) is 0.552. The van der Waals surface area contributed by atoms with Gasteiger partial charge in [-0.25, -0.2) is 4.39 Å². The number of benzene rings is 1. The van der Waals surface area contributed by atoms with E-state index in [-0.39, 0.29) is 5.56 Å². The van der Waals surface area contributed by atoms with Gasteiger partial charge >= 0.3 is 0 Å². The number of aromatic nitrogens is 1. The molecule has 0 aliphatic rings. The van der Waals surface area contributed by atoms with Gasteiger partial charge in [0.1, 0.15) is 5.82 Å². The van der Waals surface area contributed by atoms with E-state index in [1.807, 2.05) is 25.5 Å². The van der Waals surface area contributed by atoms with Crippen LogP contribution in [0.2, 0.25) is 0 Å². The van der Waals surface area contributed by atoms with Crippen molar-refractivity contribution in [3.05, 3.63) is 34.8 Å². The van der Waals surface area contributed by atoms with E-state index in [1.54, 1.807) is 6.07 Å². The summed E-state index contributed by atoms with van der Waals surface area (Å²) in [6.45, 7) is 3.96. The first-order valence-corrected chi connectivity index (χ1v) is 4.76. The fourth-order valence-electron chi connectivity index (χ4n) is 1.87. The third-order valence-electron chi connectivity index (χ3n) is 3.05. The second-order valence-corrected chi connectivity index (χ2v) is 3.78. The Morgan fingerprint density at radius 2 is 2.00 bits per heavy atom. The van der Waals surface area contributed by atoms with Crippen molar-refractivity contribution < 1.29 is 9.18 Å². The molecule has 0 aliphatic heterocycles. The lowest BCUT2D eigenvalue weighted by Gasteiger charge is -1.99. The van der Waals surface area contributed by atoms with E-state index < -0.39 is 5.82 Å². The average Bonchev–Trinajstić information content (AvgIpc) is 2.43. The Balaban J connectivity index is 2.93. The Hall–Kier alpha value is -1.64. The molecule has 1 aromatic carbocycles. The molecule has 0 amide bonds. The number of hydrogen-bond acceptors (Lipinski definition) is 1. The van der Waals surface area contributed by atoms with Gasteiger partial charge in [0.25, 0.3) is 0 Å². The molecule has 0 aliphatic carbocycles. The van der Waals surface area contributed by atoms with Crippen molar-refractivity contribution in [2.45, 2.75) is 13.8 Å². The molecule has 1 aromatic heterocycles. The van der Waals surface area contributed by atoms with E-state index in [9.17, 15) is 9.18 Å². The van der Waals surface area contributed by atoms with E-state index in [0.29, 0.717) is 6.29 Å². The third-order valence-corrected chi connectivity index (χ3v) is 3.05. The van der Waals surface area contributed by atoms with Crippen molar-refractivity contribution in [2.24, 2.45) is 7.05 Å². The molecular formula is C12H12FNO. The number of hydrogen-bond donors (Lipinski definition) is 0. The van der Waals surface area contributed by atoms with Crippen LogP contribution in [0.4, 0.5) is 4.39 Å². The number of carbonyl (C=O) groups excluding carboxylic acids is 1. The molecule has 2 aromatic rings. The minimum atomic E-state index is -0.460. The Labute approximate surface area is 87.3 Å². The van der Waals surface area contributed by atoms with Crippen molar-refractivity contribution >= 4 is 17.2 Å². The highest BCUT2D eigenvalue weighted by molar-refractivity contribution is 5.91. The Bertz CT molecular complexity index is 554. The molecule has 15 heavy (non-hydrogen) atoms. The summed E-state index contributed by atoms with van der Waals surface area (Å²) >= 11 is 0. The standard InChI is InChI=1S/C12H12FNO/c1-7-8(2)14(3)12-5-11(13)9(6-15)4-10(7)12/h4-6H,1-3H3. The number of nitrogens with zero attached hydrogens (tertiary/aromatic N) is 1. The summed E-state index contributed by atoms with van der Waals surface area (Å²) in [7, 11) is 1.89. The summed E-state index contributed by atoms with van der Waals surface area (Å²) in [5.41, 5.74) is 3.13. The van der Waals surface area contributed by atoms with Crippen LogP contribution in [0.15, 0.2) is 12.1 Å². The van der Waals surface area contributed by atoms with Gasteiger partial charge in [-0.3, -0.25) is 4.79 Å². The zero-order valence-electron chi connectivity index (χ0n) is 8.97. The van der Waals surface area contributed by atoms with Crippen LogP contribution in [0.1, 0.15) is 21.6 Å². The summed E-state index contributed by atoms with van der Waals surface area (Å²) in [5, 5.41) is 0.943. The molecule has 0 bridgehead atoms. The minimum absolute atomic E-state index is 0.121. The minimum Gasteiger partial charge on any atom is -0.348 e. The van der Waals surface area contributed by atoms with E-state index >= 15 is 0 Å². The fraction of sp³-hybridized carbons (Fsp3) is 0.250. The molecule has 2 nitrogen and oxygen atoms in total. The molecule has 0 unspecified atom stereocenters. The van der Waals surface area contributed by atoms with Gasteiger partial charge in [-0.2, -0.15) is 0 Å². The Kier molecular flexibility index (Phi) is 2.11. The molecule has 0 saturated carbocycles. The summed E-state index contributed by atoms with van der Waals surface area (Å²) in [6, 6.07) is 3.03. The molecule has 1 heterocycles. The highest BCUT2D eigenvalue weighted by atomic mass is 19.1. The van der Waals surface area contributed by atoms with E-state index in [4.69, 9.17) is 0 Å². The summed E-state index contributed by atoms with van der Waals surface area (Å²) in [4.78, 5) is 10.6. The normalized spacial score (nSPS) is 10.9. The number of carbonyl (C=O) groups is 1. The lowest BCUT2D eigenvalue weighted by Crippen LogP contribution is -1.92. The van der Waals surface area contributed by atoms with Crippen molar-refractivity contribution in [1.82, 2.24) is 4.57 Å². The predicted molar refractivity (Wildman–Crippen MR) is 57.7 cm³/mol. The topological polar surface area (TPSA) is 22.0 Å². The number of aldehydes is 1. The molecule has 0 N–H and O–H groups in total. The van der Waals surface area contributed by atoms with Crippen LogP contribution < -0.4 is 0 Å². The van der Waals surface area contributed by atoms with Gasteiger partial charge in [0.05, 0.1) is 11.1 Å². The van der Waals surface area contributed by atoms with Crippen LogP contribution in [0.5, 0.6) is 0 Å². The van der Waals surface area contributed by atoms with Crippen molar-refractivity contribution in [3.8, 4) is 0 Å². The molecule has 0 fully saturated rings. The van der Waals surface area contributed by atoms with Crippen LogP contribution >= 0.6 is 0 Å². The largest absolute Gasteiger partial charge is 0.348 e. The van der Waals surface area contributed by atoms with Crippen LogP contribution in [0.3, 0.4) is 0 Å². The van der Waals surface area contributed by atoms with Crippen molar-refractivity contribution in [1.29, 1.82) is 0 Å². The Morgan fingerprint density at radius 3 is 2.60 bits per heavy atom. The van der Waals surface area contributed by atoms with E-state index in [2.05, 4.69) is 0 Å². The van der Waals surface area contributed by atoms with Crippen molar-refractivity contribution in [2.75, 3.05) is 0 Å². The number of halogens is 1. The van der Waals surface area contributed by atoms with Crippen LogP contribution in [-0.4, -0.2) is 10.9 Å². The first kappa shape index (κ1) is 9.90. The van der Waals surface area contributed by atoms with Crippen molar-refractivity contribution in [3.63, 3.8) is 0 Å². The highest BCUT2D eigenvalue weighted by Gasteiger charge is 2.11. The molecule has 0 spiro atoms. The smallest absolute Gasteiger partial charge is 0.153 e. The number of aryl methyl sites for hydroxylation is 2. The summed E-state index contributed by atoms with van der Waals surface area (Å²) in [5.74, 6) is -0.460. The third kappa shape index (κ3) is 1.27. The Morgan fingerprint density at radius 1 is 1.33 bits per heavy atom. The summed E-state index contributed by atoms with van der Waals surface area (Å²) < 4.78 is 15.3. The molecule has 78 valence electrons. The van der Waals surface area contributed by atoms with Gasteiger partial charge in [-0.15, -0.1) is 0 Å². The zero-order chi connectivity index (χ0) is 11.2. The highest BCUT2D eigenvalue weighted by Crippen LogP contribution is 2.26. The zero-order valence-corrected chi connectivity index (χ0v) is 8.97. The maximum Gasteiger partial charge on any atom is 0.153 e. The van der Waals surface area contributed by atoms with Crippen LogP contribution in [0.25, 0.3) is 10.9 Å². The van der Waals surface area contributed by atoms with Gasteiger partial charge in [-0.1, -0.05) is 0 Å². The second kappa shape index (κ2) is 3.19.